The monoisotopic (exact) mass is 351 g/mol. The Morgan fingerprint density at radius 2 is 2.23 bits per heavy atom. The van der Waals surface area contributed by atoms with E-state index in [9.17, 15) is 0 Å². The predicted octanol–water partition coefficient (Wildman–Crippen LogP) is 3.02. The van der Waals surface area contributed by atoms with Crippen LogP contribution in [-0.2, 0) is 11.3 Å². The number of hydrogen-bond donors (Lipinski definition) is 0. The molecule has 1 saturated heterocycles. The zero-order valence-corrected chi connectivity index (χ0v) is 14.7. The van der Waals surface area contributed by atoms with E-state index in [1.807, 2.05) is 37.3 Å². The summed E-state index contributed by atoms with van der Waals surface area (Å²) in [6.07, 6.45) is 5.59. The minimum absolute atomic E-state index is 0.129. The number of aryl methyl sites for hydroxylation is 1. The van der Waals surface area contributed by atoms with Crippen LogP contribution in [0.4, 0.5) is 5.95 Å². The van der Waals surface area contributed by atoms with Crippen LogP contribution in [0.2, 0.25) is 0 Å². The summed E-state index contributed by atoms with van der Waals surface area (Å²) in [5.74, 6) is 2.17. The predicted molar refractivity (Wildman–Crippen MR) is 96.5 cm³/mol. The van der Waals surface area contributed by atoms with Crippen LogP contribution < -0.4 is 4.90 Å². The van der Waals surface area contributed by atoms with Crippen molar-refractivity contribution in [3.63, 3.8) is 0 Å². The highest BCUT2D eigenvalue weighted by Gasteiger charge is 2.23. The van der Waals surface area contributed by atoms with Crippen molar-refractivity contribution in [2.45, 2.75) is 32.5 Å². The van der Waals surface area contributed by atoms with Crippen LogP contribution in [0.3, 0.4) is 0 Å². The van der Waals surface area contributed by atoms with Gasteiger partial charge in [-0.3, -0.25) is 4.98 Å². The molecule has 0 aliphatic carbocycles. The molecule has 1 fully saturated rings. The third kappa shape index (κ3) is 3.88. The summed E-state index contributed by atoms with van der Waals surface area (Å²) < 4.78 is 11.7. The zero-order valence-electron chi connectivity index (χ0n) is 14.7. The van der Waals surface area contributed by atoms with Crippen molar-refractivity contribution in [1.29, 1.82) is 0 Å². The van der Waals surface area contributed by atoms with Crippen molar-refractivity contribution in [2.24, 2.45) is 0 Å². The molecule has 3 aromatic heterocycles. The van der Waals surface area contributed by atoms with Gasteiger partial charge in [-0.05, 0) is 44.0 Å². The molecule has 0 radical (unpaired) electrons. The van der Waals surface area contributed by atoms with Gasteiger partial charge in [-0.1, -0.05) is 6.07 Å². The smallest absolute Gasteiger partial charge is 0.246 e. The summed E-state index contributed by atoms with van der Waals surface area (Å²) in [7, 11) is 0. The minimum Gasteiger partial charge on any atom is -0.460 e. The quantitative estimate of drug-likeness (QED) is 0.699. The molecule has 4 heterocycles. The highest BCUT2D eigenvalue weighted by molar-refractivity contribution is 5.52. The lowest BCUT2D eigenvalue weighted by Crippen LogP contribution is -2.40. The molecule has 0 saturated carbocycles. The van der Waals surface area contributed by atoms with Gasteiger partial charge in [0.1, 0.15) is 11.5 Å². The van der Waals surface area contributed by atoms with Crippen molar-refractivity contribution in [3.05, 3.63) is 54.2 Å². The van der Waals surface area contributed by atoms with Gasteiger partial charge in [0.05, 0.1) is 24.6 Å². The molecule has 1 atom stereocenters. The molecule has 134 valence electrons. The maximum Gasteiger partial charge on any atom is 0.246 e. The number of rotatable bonds is 5. The van der Waals surface area contributed by atoms with Crippen LogP contribution in [-0.4, -0.2) is 39.4 Å². The van der Waals surface area contributed by atoms with E-state index in [1.165, 1.54) is 0 Å². The average Bonchev–Trinajstić information content (AvgIpc) is 3.14. The molecule has 0 N–H and O–H groups in total. The van der Waals surface area contributed by atoms with E-state index in [2.05, 4.69) is 25.1 Å². The fourth-order valence-electron chi connectivity index (χ4n) is 3.06. The fourth-order valence-corrected chi connectivity index (χ4v) is 3.06. The Labute approximate surface area is 152 Å². The molecule has 3 aromatic rings. The molecular weight excluding hydrogens is 330 g/mol. The maximum atomic E-state index is 6.04. The van der Waals surface area contributed by atoms with E-state index in [1.54, 1.807) is 12.4 Å². The molecule has 1 aliphatic rings. The van der Waals surface area contributed by atoms with E-state index in [-0.39, 0.29) is 6.10 Å². The van der Waals surface area contributed by atoms with E-state index < -0.39 is 0 Å². The van der Waals surface area contributed by atoms with Gasteiger partial charge in [0.2, 0.25) is 5.95 Å². The van der Waals surface area contributed by atoms with Gasteiger partial charge in [0.25, 0.3) is 0 Å². The van der Waals surface area contributed by atoms with Crippen LogP contribution in [0.25, 0.3) is 11.5 Å². The van der Waals surface area contributed by atoms with Crippen LogP contribution in [0.5, 0.6) is 0 Å². The first-order chi connectivity index (χ1) is 12.8. The Hall–Kier alpha value is -2.80. The fraction of sp³-hybridized carbons (Fsp3) is 0.368. The lowest BCUT2D eigenvalue weighted by atomic mass is 10.1. The first kappa shape index (κ1) is 16.7. The van der Waals surface area contributed by atoms with Crippen molar-refractivity contribution < 1.29 is 9.15 Å². The number of anilines is 1. The Bertz CT molecular complexity index is 852. The van der Waals surface area contributed by atoms with Gasteiger partial charge in [0, 0.05) is 19.3 Å². The Morgan fingerprint density at radius 3 is 3.04 bits per heavy atom. The molecule has 7 nitrogen and oxygen atoms in total. The van der Waals surface area contributed by atoms with Crippen LogP contribution in [0.1, 0.15) is 24.3 Å². The van der Waals surface area contributed by atoms with Crippen molar-refractivity contribution >= 4 is 5.95 Å². The second-order valence-electron chi connectivity index (χ2n) is 6.39. The third-order valence-corrected chi connectivity index (χ3v) is 4.39. The second-order valence-corrected chi connectivity index (χ2v) is 6.39. The van der Waals surface area contributed by atoms with Crippen LogP contribution in [0.15, 0.2) is 47.1 Å². The first-order valence-corrected chi connectivity index (χ1v) is 8.81. The molecule has 0 bridgehead atoms. The standard InChI is InChI=1S/C19H21N5O2/c1-14-7-8-18(26-14)17-11-21-23-19(22-17)24-10-4-6-16(12-24)25-13-15-5-2-3-9-20-15/h2-3,5,7-9,11,16H,4,6,10,12-13H2,1H3. The SMILES string of the molecule is Cc1ccc(-c2cnnc(N3CCCC(OCc4ccccn4)C3)n2)o1. The van der Waals surface area contributed by atoms with E-state index in [0.29, 0.717) is 24.0 Å². The Balaban J connectivity index is 1.42. The van der Waals surface area contributed by atoms with Crippen molar-refractivity contribution in [1.82, 2.24) is 20.2 Å². The molecule has 0 amide bonds. The average molecular weight is 351 g/mol. The highest BCUT2D eigenvalue weighted by Crippen LogP contribution is 2.23. The minimum atomic E-state index is 0.129. The lowest BCUT2D eigenvalue weighted by Gasteiger charge is -2.32. The highest BCUT2D eigenvalue weighted by atomic mass is 16.5. The number of nitrogens with zero attached hydrogens (tertiary/aromatic N) is 5. The Kier molecular flexibility index (Phi) is 4.88. The maximum absolute atomic E-state index is 6.04. The number of piperidine rings is 1. The lowest BCUT2D eigenvalue weighted by molar-refractivity contribution is 0.0295. The normalized spacial score (nSPS) is 17.4. The summed E-state index contributed by atoms with van der Waals surface area (Å²) >= 11 is 0. The number of ether oxygens (including phenoxy) is 1. The summed E-state index contributed by atoms with van der Waals surface area (Å²) in [4.78, 5) is 11.1. The zero-order chi connectivity index (χ0) is 17.8. The molecule has 0 spiro atoms. The van der Waals surface area contributed by atoms with Crippen LogP contribution >= 0.6 is 0 Å². The summed E-state index contributed by atoms with van der Waals surface area (Å²) in [5, 5.41) is 8.30. The van der Waals surface area contributed by atoms with Gasteiger partial charge in [-0.15, -0.1) is 5.10 Å². The molecular formula is C19H21N5O2. The number of pyridine rings is 1. The molecule has 1 aliphatic heterocycles. The molecule has 26 heavy (non-hydrogen) atoms. The van der Waals surface area contributed by atoms with Gasteiger partial charge in [-0.2, -0.15) is 5.10 Å². The first-order valence-electron chi connectivity index (χ1n) is 8.81. The van der Waals surface area contributed by atoms with Gasteiger partial charge in [-0.25, -0.2) is 4.98 Å². The topological polar surface area (TPSA) is 77.2 Å². The molecule has 0 aromatic carbocycles. The van der Waals surface area contributed by atoms with Crippen molar-refractivity contribution in [2.75, 3.05) is 18.0 Å². The van der Waals surface area contributed by atoms with E-state index in [0.717, 1.165) is 37.4 Å². The summed E-state index contributed by atoms with van der Waals surface area (Å²) in [6.45, 7) is 4.07. The largest absolute Gasteiger partial charge is 0.460 e. The number of aromatic nitrogens is 4. The van der Waals surface area contributed by atoms with Gasteiger partial charge in [0.15, 0.2) is 5.76 Å². The van der Waals surface area contributed by atoms with E-state index in [4.69, 9.17) is 9.15 Å². The second kappa shape index (κ2) is 7.61. The van der Waals surface area contributed by atoms with Gasteiger partial charge >= 0.3 is 0 Å². The Morgan fingerprint density at radius 1 is 1.27 bits per heavy atom. The van der Waals surface area contributed by atoms with Crippen LogP contribution in [0, 0.1) is 6.92 Å². The third-order valence-electron chi connectivity index (χ3n) is 4.39. The summed E-state index contributed by atoms with van der Waals surface area (Å²) in [5.41, 5.74) is 1.64. The van der Waals surface area contributed by atoms with E-state index >= 15 is 0 Å². The molecule has 7 heteroatoms. The number of furan rings is 1. The van der Waals surface area contributed by atoms with Gasteiger partial charge < -0.3 is 14.1 Å². The summed E-state index contributed by atoms with van der Waals surface area (Å²) in [6, 6.07) is 9.67. The molecule has 1 unspecified atom stereocenters. The van der Waals surface area contributed by atoms with Crippen molar-refractivity contribution in [3.8, 4) is 11.5 Å². The number of hydrogen-bond acceptors (Lipinski definition) is 7. The molecule has 4 rings (SSSR count).